The highest BCUT2D eigenvalue weighted by Gasteiger charge is 2.36. The molecule has 0 unspecified atom stereocenters. The third-order valence-electron chi connectivity index (χ3n) is 11.6. The van der Waals surface area contributed by atoms with Gasteiger partial charge in [0.05, 0.1) is 16.6 Å². The van der Waals surface area contributed by atoms with Gasteiger partial charge in [-0.15, -0.1) is 0 Å². The first-order valence-electron chi connectivity index (χ1n) is 20.3. The van der Waals surface area contributed by atoms with Crippen LogP contribution in [0.4, 0.5) is 13.2 Å². The Hall–Kier alpha value is -7.51. The first-order valence-corrected chi connectivity index (χ1v) is 20.3. The van der Waals surface area contributed by atoms with E-state index in [2.05, 4.69) is 109 Å². The Morgan fingerprint density at radius 2 is 1.13 bits per heavy atom. The summed E-state index contributed by atoms with van der Waals surface area (Å²) in [5.74, 6) is 1.40. The molecule has 0 amide bonds. The Bertz CT molecular complexity index is 3190. The molecule has 0 spiro atoms. The highest BCUT2D eigenvalue weighted by molar-refractivity contribution is 6.16. The molecule has 0 fully saturated rings. The van der Waals surface area contributed by atoms with Gasteiger partial charge in [0.15, 0.2) is 5.84 Å². The molecule has 1 aliphatic heterocycles. The van der Waals surface area contributed by atoms with Crippen LogP contribution in [0.2, 0.25) is 0 Å². The number of nitrogens with zero attached hydrogens (tertiary/aromatic N) is 3. The second-order valence-electron chi connectivity index (χ2n) is 15.4. The van der Waals surface area contributed by atoms with E-state index in [0.717, 1.165) is 66.9 Å². The minimum atomic E-state index is -4.56. The number of benzene rings is 7. The highest BCUT2D eigenvalue weighted by atomic mass is 19.4. The molecule has 2 aliphatic rings. The van der Waals surface area contributed by atoms with Crippen molar-refractivity contribution in [3.05, 3.63) is 220 Å². The molecule has 61 heavy (non-hydrogen) atoms. The van der Waals surface area contributed by atoms with E-state index in [-0.39, 0.29) is 12.0 Å². The molecular formula is C54H39F3N4. The fraction of sp³-hybridized carbons (Fsp3) is 0.0741. The molecule has 0 bridgehead atoms. The van der Waals surface area contributed by atoms with E-state index in [9.17, 15) is 13.2 Å². The van der Waals surface area contributed by atoms with Crippen LogP contribution in [0.1, 0.15) is 28.7 Å². The lowest BCUT2D eigenvalue weighted by Gasteiger charge is -2.20. The van der Waals surface area contributed by atoms with Crippen molar-refractivity contribution in [1.82, 2.24) is 9.88 Å². The fourth-order valence-electron chi connectivity index (χ4n) is 8.62. The fourth-order valence-corrected chi connectivity index (χ4v) is 8.62. The number of aromatic nitrogens is 1. The Morgan fingerprint density at radius 1 is 0.557 bits per heavy atom. The number of fused-ring (bicyclic) bond motifs is 3. The average Bonchev–Trinajstić information content (AvgIpc) is 3.62. The van der Waals surface area contributed by atoms with E-state index in [1.54, 1.807) is 6.08 Å². The van der Waals surface area contributed by atoms with Crippen molar-refractivity contribution >= 4 is 44.9 Å². The SMILES string of the molecule is Cc1ccccc1-c1ccc2c(c1)c1cc(-c3ccccc3C)ccc1n2-c1ccc(=C2CC=CC=C2C(F)(F)F)c(=C2N=C(c3ccccc3)N=C(c3ccccc3)N2)c1. The Morgan fingerprint density at radius 3 is 1.72 bits per heavy atom. The summed E-state index contributed by atoms with van der Waals surface area (Å²) in [4.78, 5) is 10.0. The zero-order chi connectivity index (χ0) is 41.7. The molecule has 2 heterocycles. The van der Waals surface area contributed by atoms with Gasteiger partial charge in [0.2, 0.25) is 0 Å². The molecule has 7 heteroatoms. The Labute approximate surface area is 351 Å². The quantitative estimate of drug-likeness (QED) is 0.185. The van der Waals surface area contributed by atoms with Crippen LogP contribution in [0.15, 0.2) is 198 Å². The Balaban J connectivity index is 1.29. The summed E-state index contributed by atoms with van der Waals surface area (Å²) < 4.78 is 46.7. The van der Waals surface area contributed by atoms with E-state index in [1.165, 1.54) is 17.2 Å². The van der Waals surface area contributed by atoms with Crippen molar-refractivity contribution in [2.75, 3.05) is 0 Å². The lowest BCUT2D eigenvalue weighted by atomic mass is 9.94. The summed E-state index contributed by atoms with van der Waals surface area (Å²) in [7, 11) is 0. The molecule has 8 aromatic rings. The van der Waals surface area contributed by atoms with E-state index < -0.39 is 11.7 Å². The molecule has 7 aromatic carbocycles. The first-order chi connectivity index (χ1) is 29.7. The number of halogens is 3. The standard InChI is InChI=1S/C54H39F3N4/c1-34-15-9-11-21-41(34)38-25-29-49-45(31-38)46-32-39(42-22-12-10-16-35(42)2)26-30-50(46)61(49)40-27-28-43(44-23-13-14-24-48(44)54(55,56)57)47(33-40)53-59-51(36-17-5-3-6-18-36)58-52(60-53)37-19-7-4-8-20-37/h3-22,24-33H,23H2,1-2H3,(H,58,59,60). The third-order valence-corrected chi connectivity index (χ3v) is 11.6. The van der Waals surface area contributed by atoms with Gasteiger partial charge in [0.1, 0.15) is 11.7 Å². The zero-order valence-corrected chi connectivity index (χ0v) is 33.5. The highest BCUT2D eigenvalue weighted by Crippen LogP contribution is 2.39. The molecule has 4 nitrogen and oxygen atoms in total. The lowest BCUT2D eigenvalue weighted by Crippen LogP contribution is -2.39. The van der Waals surface area contributed by atoms with Gasteiger partial charge in [-0.2, -0.15) is 13.2 Å². The van der Waals surface area contributed by atoms with Crippen LogP contribution in [-0.4, -0.2) is 22.4 Å². The van der Waals surface area contributed by atoms with Crippen molar-refractivity contribution in [2.45, 2.75) is 26.4 Å². The summed E-state index contributed by atoms with van der Waals surface area (Å²) in [6.07, 6.45) is -0.0462. The van der Waals surface area contributed by atoms with Crippen LogP contribution in [0.5, 0.6) is 0 Å². The summed E-state index contributed by atoms with van der Waals surface area (Å²) in [6.45, 7) is 4.25. The van der Waals surface area contributed by atoms with E-state index >= 15 is 0 Å². The normalized spacial score (nSPS) is 16.0. The predicted molar refractivity (Wildman–Crippen MR) is 244 cm³/mol. The summed E-state index contributed by atoms with van der Waals surface area (Å²) >= 11 is 0. The number of alkyl halides is 3. The first kappa shape index (κ1) is 37.7. The van der Waals surface area contributed by atoms with Crippen LogP contribution < -0.4 is 15.8 Å². The molecule has 0 atom stereocenters. The van der Waals surface area contributed by atoms with Crippen LogP contribution in [0, 0.1) is 13.8 Å². The number of hydrogen-bond donors (Lipinski definition) is 1. The van der Waals surface area contributed by atoms with Gasteiger partial charge in [0, 0.05) is 32.8 Å². The Kier molecular flexibility index (Phi) is 9.44. The number of allylic oxidation sites excluding steroid dienone is 4. The maximum absolute atomic E-state index is 14.8. The van der Waals surface area contributed by atoms with Crippen LogP contribution in [-0.2, 0) is 0 Å². The third kappa shape index (κ3) is 6.98. The molecule has 1 aromatic heterocycles. The maximum atomic E-state index is 14.8. The summed E-state index contributed by atoms with van der Waals surface area (Å²) in [5, 5.41) is 6.56. The number of rotatable bonds is 5. The van der Waals surface area contributed by atoms with Crippen molar-refractivity contribution in [1.29, 1.82) is 0 Å². The zero-order valence-electron chi connectivity index (χ0n) is 33.5. The molecule has 296 valence electrons. The largest absolute Gasteiger partial charge is 0.416 e. The van der Waals surface area contributed by atoms with Crippen molar-refractivity contribution < 1.29 is 13.2 Å². The molecule has 10 rings (SSSR count). The number of hydrogen-bond acceptors (Lipinski definition) is 3. The second kappa shape index (κ2) is 15.3. The number of aryl methyl sites for hydroxylation is 2. The van der Waals surface area contributed by atoms with Crippen LogP contribution in [0.25, 0.3) is 61.1 Å². The van der Waals surface area contributed by atoms with E-state index in [4.69, 9.17) is 9.98 Å². The minimum Gasteiger partial charge on any atom is -0.324 e. The number of aliphatic imine (C=N–C) groups is 2. The van der Waals surface area contributed by atoms with E-state index in [0.29, 0.717) is 27.9 Å². The predicted octanol–water partition coefficient (Wildman–Crippen LogP) is 11.9. The van der Waals surface area contributed by atoms with Gasteiger partial charge in [0.25, 0.3) is 0 Å². The monoisotopic (exact) mass is 800 g/mol. The number of amidine groups is 2. The molecular weight excluding hydrogens is 762 g/mol. The molecule has 1 N–H and O–H groups in total. The van der Waals surface area contributed by atoms with Gasteiger partial charge >= 0.3 is 6.18 Å². The minimum absolute atomic E-state index is 0.110. The molecule has 0 saturated carbocycles. The molecule has 1 aliphatic carbocycles. The van der Waals surface area contributed by atoms with Crippen LogP contribution in [0.3, 0.4) is 0 Å². The van der Waals surface area contributed by atoms with Gasteiger partial charge in [-0.05, 0) is 101 Å². The van der Waals surface area contributed by atoms with Crippen molar-refractivity contribution in [3.63, 3.8) is 0 Å². The van der Waals surface area contributed by atoms with Crippen molar-refractivity contribution in [2.24, 2.45) is 9.98 Å². The van der Waals surface area contributed by atoms with Gasteiger partial charge in [-0.1, -0.05) is 146 Å². The van der Waals surface area contributed by atoms with Crippen molar-refractivity contribution in [3.8, 4) is 27.9 Å². The summed E-state index contributed by atoms with van der Waals surface area (Å²) in [5.41, 5.74) is 10.7. The topological polar surface area (TPSA) is 41.7 Å². The van der Waals surface area contributed by atoms with Gasteiger partial charge in [-0.25, -0.2) is 9.98 Å². The second-order valence-corrected chi connectivity index (χ2v) is 15.4. The smallest absolute Gasteiger partial charge is 0.324 e. The average molecular weight is 801 g/mol. The number of nitrogens with one attached hydrogen (secondary N) is 1. The van der Waals surface area contributed by atoms with Gasteiger partial charge < -0.3 is 9.88 Å². The van der Waals surface area contributed by atoms with Gasteiger partial charge in [-0.3, -0.25) is 0 Å². The lowest BCUT2D eigenvalue weighted by molar-refractivity contribution is -0.0874. The van der Waals surface area contributed by atoms with Crippen LogP contribution >= 0.6 is 0 Å². The summed E-state index contributed by atoms with van der Waals surface area (Å²) in [6, 6.07) is 55.0. The molecule has 0 saturated heterocycles. The van der Waals surface area contributed by atoms with E-state index in [1.807, 2.05) is 78.9 Å². The maximum Gasteiger partial charge on any atom is 0.416 e. The molecule has 0 radical (unpaired) electrons.